The minimum absolute atomic E-state index is 0.0780. The van der Waals surface area contributed by atoms with Crippen LogP contribution < -0.4 is 5.32 Å². The molecule has 0 unspecified atom stereocenters. The number of alkyl halides is 1. The van der Waals surface area contributed by atoms with Gasteiger partial charge in [0.25, 0.3) is 0 Å². The SMILES string of the molecule is O=C(CCl)N[C@H]1c2ccccc2C[C@H]1O. The van der Waals surface area contributed by atoms with Crippen LogP contribution in [0.25, 0.3) is 0 Å². The molecule has 2 rings (SSSR count). The summed E-state index contributed by atoms with van der Waals surface area (Å²) in [5, 5.41) is 12.5. The molecule has 1 aliphatic rings. The molecule has 0 radical (unpaired) electrons. The van der Waals surface area contributed by atoms with Crippen LogP contribution in [-0.2, 0) is 11.2 Å². The number of aliphatic hydroxyl groups is 1. The standard InChI is InChI=1S/C11H12ClNO2/c12-6-10(15)13-11-8-4-2-1-3-7(8)5-9(11)14/h1-4,9,11,14H,5-6H2,(H,13,15)/t9-,11+/m1/s1. The highest BCUT2D eigenvalue weighted by Crippen LogP contribution is 2.30. The molecule has 0 fully saturated rings. The molecular formula is C11H12ClNO2. The Balaban J connectivity index is 2.22. The van der Waals surface area contributed by atoms with E-state index in [4.69, 9.17) is 11.6 Å². The van der Waals surface area contributed by atoms with E-state index in [1.54, 1.807) is 0 Å². The van der Waals surface area contributed by atoms with Crippen LogP contribution in [-0.4, -0.2) is 23.0 Å². The lowest BCUT2D eigenvalue weighted by Gasteiger charge is -2.16. The van der Waals surface area contributed by atoms with Crippen LogP contribution in [0.2, 0.25) is 0 Å². The summed E-state index contributed by atoms with van der Waals surface area (Å²) >= 11 is 5.41. The number of benzene rings is 1. The Morgan fingerprint density at radius 3 is 3.00 bits per heavy atom. The van der Waals surface area contributed by atoms with Crippen LogP contribution in [0, 0.1) is 0 Å². The molecule has 2 N–H and O–H groups in total. The molecule has 80 valence electrons. The summed E-state index contributed by atoms with van der Waals surface area (Å²) in [6, 6.07) is 7.40. The highest BCUT2D eigenvalue weighted by Gasteiger charge is 2.31. The maximum Gasteiger partial charge on any atom is 0.235 e. The Labute approximate surface area is 93.1 Å². The number of nitrogens with one attached hydrogen (secondary N) is 1. The molecular weight excluding hydrogens is 214 g/mol. The lowest BCUT2D eigenvalue weighted by atomic mass is 10.1. The number of fused-ring (bicyclic) bond motifs is 1. The third-order valence-electron chi connectivity index (χ3n) is 2.64. The number of hydrogen-bond donors (Lipinski definition) is 2. The minimum atomic E-state index is -0.547. The monoisotopic (exact) mass is 225 g/mol. The lowest BCUT2D eigenvalue weighted by molar-refractivity contribution is -0.120. The van der Waals surface area contributed by atoms with E-state index in [-0.39, 0.29) is 17.8 Å². The Hall–Kier alpha value is -1.06. The van der Waals surface area contributed by atoms with Crippen LogP contribution in [0.3, 0.4) is 0 Å². The van der Waals surface area contributed by atoms with E-state index in [9.17, 15) is 9.90 Å². The van der Waals surface area contributed by atoms with Crippen molar-refractivity contribution in [2.45, 2.75) is 18.6 Å². The average Bonchev–Trinajstić information content (AvgIpc) is 2.55. The summed E-state index contributed by atoms with van der Waals surface area (Å²) in [4.78, 5) is 11.2. The Morgan fingerprint density at radius 1 is 1.53 bits per heavy atom. The number of hydrogen-bond acceptors (Lipinski definition) is 2. The topological polar surface area (TPSA) is 49.3 Å². The zero-order valence-electron chi connectivity index (χ0n) is 8.11. The molecule has 4 heteroatoms. The van der Waals surface area contributed by atoms with Gasteiger partial charge in [-0.25, -0.2) is 0 Å². The molecule has 1 aliphatic carbocycles. The quantitative estimate of drug-likeness (QED) is 0.738. The zero-order valence-corrected chi connectivity index (χ0v) is 8.87. The van der Waals surface area contributed by atoms with Gasteiger partial charge in [-0.1, -0.05) is 24.3 Å². The van der Waals surface area contributed by atoms with E-state index < -0.39 is 6.10 Å². The fourth-order valence-corrected chi connectivity index (χ4v) is 2.04. The molecule has 15 heavy (non-hydrogen) atoms. The molecule has 0 saturated heterocycles. The van der Waals surface area contributed by atoms with E-state index in [0.29, 0.717) is 6.42 Å². The smallest absolute Gasteiger partial charge is 0.235 e. The minimum Gasteiger partial charge on any atom is -0.390 e. The molecule has 0 bridgehead atoms. The molecule has 0 heterocycles. The van der Waals surface area contributed by atoms with Crippen molar-refractivity contribution in [2.24, 2.45) is 0 Å². The van der Waals surface area contributed by atoms with Gasteiger partial charge in [0, 0.05) is 6.42 Å². The van der Waals surface area contributed by atoms with Crippen molar-refractivity contribution >= 4 is 17.5 Å². The maximum absolute atomic E-state index is 11.2. The largest absolute Gasteiger partial charge is 0.390 e. The van der Waals surface area contributed by atoms with Gasteiger partial charge in [-0.05, 0) is 11.1 Å². The second-order valence-electron chi connectivity index (χ2n) is 3.65. The van der Waals surface area contributed by atoms with Crippen molar-refractivity contribution in [3.05, 3.63) is 35.4 Å². The first-order valence-electron chi connectivity index (χ1n) is 4.83. The van der Waals surface area contributed by atoms with Crippen molar-refractivity contribution in [3.8, 4) is 0 Å². The van der Waals surface area contributed by atoms with Gasteiger partial charge in [-0.3, -0.25) is 4.79 Å². The van der Waals surface area contributed by atoms with Gasteiger partial charge in [-0.15, -0.1) is 11.6 Å². The molecule has 1 aromatic rings. The number of aliphatic hydroxyl groups excluding tert-OH is 1. The van der Waals surface area contributed by atoms with Crippen molar-refractivity contribution in [1.29, 1.82) is 0 Å². The summed E-state index contributed by atoms with van der Waals surface area (Å²) in [6.45, 7) is 0. The summed E-state index contributed by atoms with van der Waals surface area (Å²) in [5.74, 6) is -0.330. The van der Waals surface area contributed by atoms with Gasteiger partial charge < -0.3 is 10.4 Å². The van der Waals surface area contributed by atoms with Crippen LogP contribution >= 0.6 is 11.6 Å². The lowest BCUT2D eigenvalue weighted by Crippen LogP contribution is -2.34. The summed E-state index contributed by atoms with van der Waals surface area (Å²) in [6.07, 6.45) is 0.0400. The molecule has 0 aromatic heterocycles. The molecule has 0 spiro atoms. The Morgan fingerprint density at radius 2 is 2.27 bits per heavy atom. The number of carbonyl (C=O) groups excluding carboxylic acids is 1. The first-order chi connectivity index (χ1) is 7.22. The van der Waals surface area contributed by atoms with Crippen LogP contribution in [0.4, 0.5) is 0 Å². The predicted molar refractivity (Wildman–Crippen MR) is 57.8 cm³/mol. The highest BCUT2D eigenvalue weighted by molar-refractivity contribution is 6.27. The normalized spacial score (nSPS) is 23.6. The van der Waals surface area contributed by atoms with Gasteiger partial charge in [0.1, 0.15) is 5.88 Å². The first kappa shape index (κ1) is 10.5. The number of carbonyl (C=O) groups is 1. The Bertz CT molecular complexity index is 381. The molecule has 0 saturated carbocycles. The van der Waals surface area contributed by atoms with Gasteiger partial charge in [0.15, 0.2) is 0 Å². The molecule has 0 aliphatic heterocycles. The summed E-state index contributed by atoms with van der Waals surface area (Å²) < 4.78 is 0. The van der Waals surface area contributed by atoms with Crippen molar-refractivity contribution in [2.75, 3.05) is 5.88 Å². The van der Waals surface area contributed by atoms with E-state index >= 15 is 0 Å². The van der Waals surface area contributed by atoms with E-state index in [1.807, 2.05) is 24.3 Å². The third kappa shape index (κ3) is 1.98. The number of halogens is 1. The molecule has 1 amide bonds. The fourth-order valence-electron chi connectivity index (χ4n) is 1.96. The van der Waals surface area contributed by atoms with Gasteiger partial charge in [0.05, 0.1) is 12.1 Å². The van der Waals surface area contributed by atoms with Gasteiger partial charge >= 0.3 is 0 Å². The third-order valence-corrected chi connectivity index (χ3v) is 2.88. The van der Waals surface area contributed by atoms with E-state index in [0.717, 1.165) is 11.1 Å². The van der Waals surface area contributed by atoms with Crippen molar-refractivity contribution in [1.82, 2.24) is 5.32 Å². The van der Waals surface area contributed by atoms with Gasteiger partial charge in [-0.2, -0.15) is 0 Å². The second kappa shape index (κ2) is 4.21. The molecule has 3 nitrogen and oxygen atoms in total. The summed E-state index contributed by atoms with van der Waals surface area (Å²) in [7, 11) is 0. The number of rotatable bonds is 2. The second-order valence-corrected chi connectivity index (χ2v) is 3.92. The molecule has 2 atom stereocenters. The van der Waals surface area contributed by atoms with E-state index in [2.05, 4.69) is 5.32 Å². The molecule has 1 aromatic carbocycles. The van der Waals surface area contributed by atoms with Crippen molar-refractivity contribution in [3.63, 3.8) is 0 Å². The fraction of sp³-hybridized carbons (Fsp3) is 0.364. The predicted octanol–water partition coefficient (Wildman–Crippen LogP) is 1.000. The van der Waals surface area contributed by atoms with E-state index in [1.165, 1.54) is 0 Å². The van der Waals surface area contributed by atoms with Crippen molar-refractivity contribution < 1.29 is 9.90 Å². The first-order valence-corrected chi connectivity index (χ1v) is 5.37. The number of amides is 1. The van der Waals surface area contributed by atoms with Crippen LogP contribution in [0.15, 0.2) is 24.3 Å². The maximum atomic E-state index is 11.2. The highest BCUT2D eigenvalue weighted by atomic mass is 35.5. The average molecular weight is 226 g/mol. The van der Waals surface area contributed by atoms with Crippen LogP contribution in [0.5, 0.6) is 0 Å². The summed E-state index contributed by atoms with van der Waals surface area (Å²) in [5.41, 5.74) is 2.08. The van der Waals surface area contributed by atoms with Crippen LogP contribution in [0.1, 0.15) is 17.2 Å². The zero-order chi connectivity index (χ0) is 10.8. The Kier molecular flexibility index (Phi) is 2.93. The van der Waals surface area contributed by atoms with Gasteiger partial charge in [0.2, 0.25) is 5.91 Å².